The van der Waals surface area contributed by atoms with Gasteiger partial charge in [-0.15, -0.1) is 0 Å². The molecule has 8 heteroatoms. The number of aromatic hydroxyl groups is 1. The van der Waals surface area contributed by atoms with Crippen molar-refractivity contribution in [2.75, 3.05) is 26.2 Å². The Morgan fingerprint density at radius 1 is 1.11 bits per heavy atom. The Morgan fingerprint density at radius 3 is 2.51 bits per heavy atom. The van der Waals surface area contributed by atoms with Crippen LogP contribution in [0.3, 0.4) is 0 Å². The lowest BCUT2D eigenvalue weighted by molar-refractivity contribution is -0.140. The monoisotopic (exact) mass is 476 g/mol. The first-order chi connectivity index (χ1) is 16.8. The lowest BCUT2D eigenvalue weighted by Crippen LogP contribution is -2.33. The number of rotatable bonds is 8. The van der Waals surface area contributed by atoms with E-state index in [1.165, 1.54) is 17.0 Å². The minimum absolute atomic E-state index is 0.00685. The molecule has 1 atom stereocenters. The first-order valence-corrected chi connectivity index (χ1v) is 12.0. The van der Waals surface area contributed by atoms with E-state index in [1.54, 1.807) is 12.1 Å². The molecule has 0 saturated carbocycles. The van der Waals surface area contributed by atoms with Gasteiger partial charge in [0.2, 0.25) is 0 Å². The number of carbonyl (C=O) groups is 2. The van der Waals surface area contributed by atoms with Gasteiger partial charge in [-0.2, -0.15) is 0 Å². The van der Waals surface area contributed by atoms with Crippen LogP contribution in [0, 0.1) is 13.8 Å². The van der Waals surface area contributed by atoms with Gasteiger partial charge >= 0.3 is 0 Å². The number of hydrogen-bond acceptors (Lipinski definition) is 6. The van der Waals surface area contributed by atoms with Gasteiger partial charge < -0.3 is 24.4 Å². The van der Waals surface area contributed by atoms with Gasteiger partial charge in [-0.05, 0) is 69.2 Å². The maximum atomic E-state index is 13.3. The molecule has 3 heterocycles. The summed E-state index contributed by atoms with van der Waals surface area (Å²) >= 11 is 0. The number of benzene rings is 1. The number of aliphatic hydroxyl groups excluding tert-OH is 1. The van der Waals surface area contributed by atoms with Crippen molar-refractivity contribution < 1.29 is 19.8 Å². The Kier molecular flexibility index (Phi) is 6.93. The minimum atomic E-state index is -0.816. The van der Waals surface area contributed by atoms with E-state index >= 15 is 0 Å². The molecule has 2 aromatic heterocycles. The summed E-state index contributed by atoms with van der Waals surface area (Å²) in [5, 5.41) is 21.5. The summed E-state index contributed by atoms with van der Waals surface area (Å²) in [6, 6.07) is 9.48. The number of nitrogens with zero attached hydrogens (tertiary/aromatic N) is 4. The molecule has 1 saturated heterocycles. The van der Waals surface area contributed by atoms with E-state index < -0.39 is 17.7 Å². The third-order valence-electron chi connectivity index (χ3n) is 6.80. The molecule has 1 aliphatic heterocycles. The molecule has 1 aliphatic rings. The average molecular weight is 477 g/mol. The van der Waals surface area contributed by atoms with Gasteiger partial charge in [-0.3, -0.25) is 9.59 Å². The SMILES string of the molecule is CCN(CC)CCCN1C(=O)C(=O)/C(=C(/O)c2nc3c(C)cccn3c2C)C1c1cccc(O)c1. The number of aromatic nitrogens is 2. The van der Waals surface area contributed by atoms with Crippen molar-refractivity contribution in [1.29, 1.82) is 0 Å². The number of carbonyl (C=O) groups excluding carboxylic acids is 2. The van der Waals surface area contributed by atoms with Crippen LogP contribution in [0.2, 0.25) is 0 Å². The van der Waals surface area contributed by atoms with Crippen molar-refractivity contribution in [3.8, 4) is 5.75 Å². The maximum absolute atomic E-state index is 13.3. The smallest absolute Gasteiger partial charge is 0.295 e. The molecule has 1 aromatic carbocycles. The molecule has 0 aliphatic carbocycles. The molecule has 1 amide bonds. The number of aliphatic hydroxyl groups is 1. The van der Waals surface area contributed by atoms with E-state index in [4.69, 9.17) is 0 Å². The highest BCUT2D eigenvalue weighted by molar-refractivity contribution is 6.46. The Labute approximate surface area is 205 Å². The highest BCUT2D eigenvalue weighted by atomic mass is 16.3. The van der Waals surface area contributed by atoms with Crippen LogP contribution in [-0.2, 0) is 9.59 Å². The Morgan fingerprint density at radius 2 is 1.86 bits per heavy atom. The second kappa shape index (κ2) is 9.92. The van der Waals surface area contributed by atoms with E-state index in [9.17, 15) is 19.8 Å². The van der Waals surface area contributed by atoms with Crippen LogP contribution in [0.4, 0.5) is 0 Å². The number of hydrogen-bond donors (Lipinski definition) is 2. The topological polar surface area (TPSA) is 98.4 Å². The molecule has 1 fully saturated rings. The predicted molar refractivity (Wildman–Crippen MR) is 134 cm³/mol. The van der Waals surface area contributed by atoms with Crippen LogP contribution in [-0.4, -0.2) is 67.3 Å². The van der Waals surface area contributed by atoms with Crippen LogP contribution in [0.25, 0.3) is 11.4 Å². The molecule has 4 rings (SSSR count). The quantitative estimate of drug-likeness (QED) is 0.291. The zero-order valence-corrected chi connectivity index (χ0v) is 20.7. The molecule has 0 radical (unpaired) electrons. The van der Waals surface area contributed by atoms with Gasteiger partial charge in [-0.25, -0.2) is 4.98 Å². The van der Waals surface area contributed by atoms with Crippen molar-refractivity contribution in [3.05, 3.63) is 70.7 Å². The fourth-order valence-corrected chi connectivity index (χ4v) is 4.83. The summed E-state index contributed by atoms with van der Waals surface area (Å²) in [7, 11) is 0. The lowest BCUT2D eigenvalue weighted by atomic mass is 9.96. The molecule has 184 valence electrons. The highest BCUT2D eigenvalue weighted by Gasteiger charge is 2.46. The summed E-state index contributed by atoms with van der Waals surface area (Å²) in [6.07, 6.45) is 2.52. The minimum Gasteiger partial charge on any atom is -0.508 e. The normalized spacial score (nSPS) is 17.7. The summed E-state index contributed by atoms with van der Waals surface area (Å²) in [5.41, 5.74) is 3.10. The largest absolute Gasteiger partial charge is 0.508 e. The van der Waals surface area contributed by atoms with Crippen molar-refractivity contribution in [1.82, 2.24) is 19.2 Å². The molecule has 8 nitrogen and oxygen atoms in total. The van der Waals surface area contributed by atoms with Gasteiger partial charge in [0, 0.05) is 12.7 Å². The summed E-state index contributed by atoms with van der Waals surface area (Å²) in [5.74, 6) is -1.68. The number of phenols is 1. The number of phenolic OH excluding ortho intramolecular Hbond substituents is 1. The van der Waals surface area contributed by atoms with Crippen LogP contribution >= 0.6 is 0 Å². The Hall–Kier alpha value is -3.65. The van der Waals surface area contributed by atoms with Crippen molar-refractivity contribution in [3.63, 3.8) is 0 Å². The molecule has 0 bridgehead atoms. The van der Waals surface area contributed by atoms with Crippen molar-refractivity contribution >= 4 is 23.1 Å². The molecule has 0 spiro atoms. The standard InChI is InChI=1S/C27H32N4O4/c1-5-29(6-2)13-9-15-31-23(19-11-7-12-20(32)16-19)21(25(34)27(31)35)24(33)22-18(4)30-14-8-10-17(3)26(30)28-22/h7-8,10-12,14,16,23,32-33H,5-6,9,13,15H2,1-4H3/b24-21+. The summed E-state index contributed by atoms with van der Waals surface area (Å²) < 4.78 is 1.86. The van der Waals surface area contributed by atoms with Crippen LogP contribution in [0.1, 0.15) is 48.8 Å². The first-order valence-electron chi connectivity index (χ1n) is 12.0. The maximum Gasteiger partial charge on any atom is 0.295 e. The summed E-state index contributed by atoms with van der Waals surface area (Å²) in [4.78, 5) is 34.8. The van der Waals surface area contributed by atoms with Crippen molar-refractivity contribution in [2.24, 2.45) is 0 Å². The number of aryl methyl sites for hydroxylation is 2. The second-order valence-corrected chi connectivity index (χ2v) is 8.90. The fraction of sp³-hybridized carbons (Fsp3) is 0.370. The average Bonchev–Trinajstić information content (AvgIpc) is 3.31. The van der Waals surface area contributed by atoms with Gasteiger partial charge in [0.25, 0.3) is 11.7 Å². The van der Waals surface area contributed by atoms with E-state index in [-0.39, 0.29) is 22.8 Å². The Balaban J connectivity index is 1.82. The number of amides is 1. The van der Waals surface area contributed by atoms with Crippen LogP contribution in [0.5, 0.6) is 5.75 Å². The number of ketones is 1. The predicted octanol–water partition coefficient (Wildman–Crippen LogP) is 3.81. The van der Waals surface area contributed by atoms with Gasteiger partial charge in [-0.1, -0.05) is 32.0 Å². The third-order valence-corrected chi connectivity index (χ3v) is 6.80. The molecule has 1 unspecified atom stereocenters. The molecular formula is C27H32N4O4. The second-order valence-electron chi connectivity index (χ2n) is 8.90. The number of Topliss-reactive ketones (excluding diaryl/α,β-unsaturated/α-hetero) is 1. The Bertz CT molecular complexity index is 1310. The molecular weight excluding hydrogens is 444 g/mol. The first kappa shape index (κ1) is 24.5. The number of fused-ring (bicyclic) bond motifs is 1. The van der Waals surface area contributed by atoms with E-state index in [1.807, 2.05) is 36.6 Å². The molecule has 35 heavy (non-hydrogen) atoms. The van der Waals surface area contributed by atoms with Crippen LogP contribution in [0.15, 0.2) is 48.2 Å². The fourth-order valence-electron chi connectivity index (χ4n) is 4.83. The number of imidazole rings is 1. The molecule has 3 aromatic rings. The van der Waals surface area contributed by atoms with Gasteiger partial charge in [0.15, 0.2) is 5.76 Å². The summed E-state index contributed by atoms with van der Waals surface area (Å²) in [6.45, 7) is 10.8. The van der Waals surface area contributed by atoms with Crippen LogP contribution < -0.4 is 0 Å². The number of likely N-dealkylation sites (tertiary alicyclic amines) is 1. The number of pyridine rings is 1. The van der Waals surface area contributed by atoms with Crippen molar-refractivity contribution in [2.45, 2.75) is 40.2 Å². The van der Waals surface area contributed by atoms with E-state index in [2.05, 4.69) is 23.7 Å². The molecule has 2 N–H and O–H groups in total. The van der Waals surface area contributed by atoms with Gasteiger partial charge in [0.05, 0.1) is 17.3 Å². The third kappa shape index (κ3) is 4.41. The van der Waals surface area contributed by atoms with E-state index in [0.717, 1.165) is 25.2 Å². The lowest BCUT2D eigenvalue weighted by Gasteiger charge is -2.26. The van der Waals surface area contributed by atoms with Gasteiger partial charge in [0.1, 0.15) is 17.1 Å². The zero-order chi connectivity index (χ0) is 25.3. The highest BCUT2D eigenvalue weighted by Crippen LogP contribution is 2.40. The van der Waals surface area contributed by atoms with E-state index in [0.29, 0.717) is 29.9 Å². The zero-order valence-electron chi connectivity index (χ0n) is 20.7.